The van der Waals surface area contributed by atoms with Gasteiger partial charge in [-0.2, -0.15) is 0 Å². The van der Waals surface area contributed by atoms with Crippen molar-refractivity contribution in [1.82, 2.24) is 10.3 Å². The highest BCUT2D eigenvalue weighted by molar-refractivity contribution is 5.72. The molecule has 1 aromatic heterocycles. The van der Waals surface area contributed by atoms with Crippen LogP contribution < -0.4 is 10.1 Å². The zero-order valence-corrected chi connectivity index (χ0v) is 13.6. The van der Waals surface area contributed by atoms with E-state index >= 15 is 0 Å². The summed E-state index contributed by atoms with van der Waals surface area (Å²) in [5.74, 6) is 0.346. The molecule has 3 N–H and O–H groups in total. The molecule has 0 aliphatic rings. The molecule has 0 bridgehead atoms. The number of aliphatic hydroxyl groups excluding tert-OH is 2. The van der Waals surface area contributed by atoms with Crippen LogP contribution in [0.25, 0.3) is 0 Å². The van der Waals surface area contributed by atoms with Gasteiger partial charge in [-0.1, -0.05) is 30.3 Å². The number of hydrogen-bond acceptors (Lipinski definition) is 5. The molecule has 0 radical (unpaired) electrons. The van der Waals surface area contributed by atoms with E-state index in [0.29, 0.717) is 24.5 Å². The standard InChI is InChI=1S/C18H22N2O4/c1-13(21)20-8-7-17(22)18(23)15-9-16(11-19-10-15)24-12-14-5-3-2-4-6-14/h2-6,9-11,17-18,22-23H,7-8,12H2,1H3,(H,20,21). The first-order valence-corrected chi connectivity index (χ1v) is 7.78. The van der Waals surface area contributed by atoms with Crippen molar-refractivity contribution in [3.05, 3.63) is 59.9 Å². The van der Waals surface area contributed by atoms with Crippen molar-refractivity contribution in [2.24, 2.45) is 0 Å². The molecule has 2 rings (SSSR count). The maximum Gasteiger partial charge on any atom is 0.216 e. The van der Waals surface area contributed by atoms with Crippen molar-refractivity contribution in [3.8, 4) is 5.75 Å². The van der Waals surface area contributed by atoms with Gasteiger partial charge in [0.05, 0.1) is 12.3 Å². The van der Waals surface area contributed by atoms with Crippen LogP contribution in [0.4, 0.5) is 0 Å². The number of pyridine rings is 1. The third-order valence-corrected chi connectivity index (χ3v) is 3.50. The highest BCUT2D eigenvalue weighted by Crippen LogP contribution is 2.22. The van der Waals surface area contributed by atoms with E-state index in [1.807, 2.05) is 30.3 Å². The molecule has 6 nitrogen and oxygen atoms in total. The summed E-state index contributed by atoms with van der Waals surface area (Å²) in [5.41, 5.74) is 1.50. The van der Waals surface area contributed by atoms with Gasteiger partial charge in [0.25, 0.3) is 0 Å². The number of benzene rings is 1. The molecule has 24 heavy (non-hydrogen) atoms. The quantitative estimate of drug-likeness (QED) is 0.683. The minimum atomic E-state index is -1.09. The first kappa shape index (κ1) is 17.9. The fraction of sp³-hybridized carbons (Fsp3) is 0.333. The first-order chi connectivity index (χ1) is 11.6. The van der Waals surface area contributed by atoms with Gasteiger partial charge < -0.3 is 20.3 Å². The summed E-state index contributed by atoms with van der Waals surface area (Å²) < 4.78 is 5.66. The fourth-order valence-corrected chi connectivity index (χ4v) is 2.19. The number of ether oxygens (including phenoxy) is 1. The predicted molar refractivity (Wildman–Crippen MR) is 89.3 cm³/mol. The summed E-state index contributed by atoms with van der Waals surface area (Å²) >= 11 is 0. The molecule has 6 heteroatoms. The number of nitrogens with one attached hydrogen (secondary N) is 1. The average Bonchev–Trinajstić information content (AvgIpc) is 2.60. The third kappa shape index (κ3) is 5.64. The summed E-state index contributed by atoms with van der Waals surface area (Å²) in [4.78, 5) is 14.9. The number of aliphatic hydroxyl groups is 2. The van der Waals surface area contributed by atoms with Crippen LogP contribution in [0, 0.1) is 0 Å². The molecule has 0 saturated carbocycles. The van der Waals surface area contributed by atoms with E-state index in [-0.39, 0.29) is 12.3 Å². The zero-order chi connectivity index (χ0) is 17.4. The molecular weight excluding hydrogens is 308 g/mol. The highest BCUT2D eigenvalue weighted by Gasteiger charge is 2.19. The van der Waals surface area contributed by atoms with Gasteiger partial charge >= 0.3 is 0 Å². The molecule has 2 aromatic rings. The Morgan fingerprint density at radius 1 is 1.25 bits per heavy atom. The third-order valence-electron chi connectivity index (χ3n) is 3.50. The normalized spacial score (nSPS) is 13.1. The summed E-state index contributed by atoms with van der Waals surface area (Å²) in [6.07, 6.45) is 1.20. The van der Waals surface area contributed by atoms with Crippen LogP contribution in [0.3, 0.4) is 0 Å². The molecule has 0 spiro atoms. The van der Waals surface area contributed by atoms with Crippen LogP contribution in [-0.4, -0.2) is 33.8 Å². The van der Waals surface area contributed by atoms with E-state index in [0.717, 1.165) is 5.56 Å². The molecule has 0 aliphatic carbocycles. The van der Waals surface area contributed by atoms with Crippen molar-refractivity contribution < 1.29 is 19.7 Å². The molecule has 0 aliphatic heterocycles. The van der Waals surface area contributed by atoms with E-state index in [1.165, 1.54) is 13.1 Å². The number of nitrogens with zero attached hydrogens (tertiary/aromatic N) is 1. The van der Waals surface area contributed by atoms with Gasteiger partial charge in [-0.25, -0.2) is 0 Å². The van der Waals surface area contributed by atoms with E-state index in [9.17, 15) is 15.0 Å². The van der Waals surface area contributed by atoms with Crippen LogP contribution in [0.15, 0.2) is 48.8 Å². The highest BCUT2D eigenvalue weighted by atomic mass is 16.5. The van der Waals surface area contributed by atoms with Crippen molar-refractivity contribution in [3.63, 3.8) is 0 Å². The maximum absolute atomic E-state index is 10.8. The molecular formula is C18H22N2O4. The van der Waals surface area contributed by atoms with Crippen LogP contribution in [0.2, 0.25) is 0 Å². The minimum absolute atomic E-state index is 0.172. The predicted octanol–water partition coefficient (Wildman–Crippen LogP) is 1.58. The topological polar surface area (TPSA) is 91.7 Å². The average molecular weight is 330 g/mol. The lowest BCUT2D eigenvalue weighted by atomic mass is 10.0. The number of hydrogen-bond donors (Lipinski definition) is 3. The van der Waals surface area contributed by atoms with Gasteiger partial charge in [-0.3, -0.25) is 9.78 Å². The summed E-state index contributed by atoms with van der Waals surface area (Å²) in [5, 5.41) is 22.8. The van der Waals surface area contributed by atoms with Gasteiger partial charge in [-0.15, -0.1) is 0 Å². The second-order valence-corrected chi connectivity index (χ2v) is 5.51. The lowest BCUT2D eigenvalue weighted by Crippen LogP contribution is -2.27. The van der Waals surface area contributed by atoms with E-state index in [1.54, 1.807) is 12.3 Å². The molecule has 1 amide bonds. The lowest BCUT2D eigenvalue weighted by molar-refractivity contribution is -0.119. The molecule has 2 unspecified atom stereocenters. The number of amides is 1. The molecule has 1 aromatic carbocycles. The molecule has 128 valence electrons. The van der Waals surface area contributed by atoms with Crippen molar-refractivity contribution in [2.75, 3.05) is 6.54 Å². The Hall–Kier alpha value is -2.44. The monoisotopic (exact) mass is 330 g/mol. The van der Waals surface area contributed by atoms with Gasteiger partial charge in [0.15, 0.2) is 0 Å². The van der Waals surface area contributed by atoms with E-state index in [4.69, 9.17) is 4.74 Å². The Morgan fingerprint density at radius 3 is 2.71 bits per heavy atom. The SMILES string of the molecule is CC(=O)NCCC(O)C(O)c1cncc(OCc2ccccc2)c1. The first-order valence-electron chi connectivity index (χ1n) is 7.78. The minimum Gasteiger partial charge on any atom is -0.487 e. The molecule has 2 atom stereocenters. The Balaban J connectivity index is 1.92. The molecule has 0 fully saturated rings. The van der Waals surface area contributed by atoms with Gasteiger partial charge in [0.2, 0.25) is 5.91 Å². The fourth-order valence-electron chi connectivity index (χ4n) is 2.19. The lowest BCUT2D eigenvalue weighted by Gasteiger charge is -2.18. The zero-order valence-electron chi connectivity index (χ0n) is 13.6. The van der Waals surface area contributed by atoms with Crippen LogP contribution in [0.1, 0.15) is 30.6 Å². The van der Waals surface area contributed by atoms with Crippen LogP contribution in [0.5, 0.6) is 5.75 Å². The summed E-state index contributed by atoms with van der Waals surface area (Å²) in [6, 6.07) is 11.4. The second-order valence-electron chi connectivity index (χ2n) is 5.51. The molecule has 0 saturated heterocycles. The number of carbonyl (C=O) groups excluding carboxylic acids is 1. The van der Waals surface area contributed by atoms with E-state index < -0.39 is 12.2 Å². The Labute approximate surface area is 141 Å². The number of carbonyl (C=O) groups is 1. The summed E-state index contributed by atoms with van der Waals surface area (Å²) in [7, 11) is 0. The van der Waals surface area contributed by atoms with Gasteiger partial charge in [0, 0.05) is 25.2 Å². The van der Waals surface area contributed by atoms with Crippen molar-refractivity contribution in [1.29, 1.82) is 0 Å². The van der Waals surface area contributed by atoms with E-state index in [2.05, 4.69) is 10.3 Å². The molecule has 1 heterocycles. The summed E-state index contributed by atoms with van der Waals surface area (Å²) in [6.45, 7) is 2.10. The van der Waals surface area contributed by atoms with Gasteiger partial charge in [0.1, 0.15) is 18.5 Å². The number of aromatic nitrogens is 1. The smallest absolute Gasteiger partial charge is 0.216 e. The Bertz CT molecular complexity index is 648. The van der Waals surface area contributed by atoms with Crippen molar-refractivity contribution in [2.45, 2.75) is 32.2 Å². The Morgan fingerprint density at radius 2 is 2.00 bits per heavy atom. The Kier molecular flexibility index (Phi) is 6.72. The van der Waals surface area contributed by atoms with Crippen LogP contribution >= 0.6 is 0 Å². The van der Waals surface area contributed by atoms with Crippen molar-refractivity contribution >= 4 is 5.91 Å². The maximum atomic E-state index is 10.8. The largest absolute Gasteiger partial charge is 0.487 e. The number of rotatable bonds is 8. The van der Waals surface area contributed by atoms with Gasteiger partial charge in [-0.05, 0) is 18.1 Å². The van der Waals surface area contributed by atoms with Crippen LogP contribution in [-0.2, 0) is 11.4 Å². The second kappa shape index (κ2) is 9.00.